The first-order chi connectivity index (χ1) is 15.5. The maximum Gasteiger partial charge on any atom is 0.416 e. The zero-order chi connectivity index (χ0) is 24.0. The van der Waals surface area contributed by atoms with Crippen LogP contribution in [0.3, 0.4) is 0 Å². The highest BCUT2D eigenvalue weighted by Gasteiger charge is 2.31. The van der Waals surface area contributed by atoms with Gasteiger partial charge in [0, 0.05) is 24.2 Å². The largest absolute Gasteiger partial charge is 0.465 e. The highest BCUT2D eigenvalue weighted by Crippen LogP contribution is 2.36. The van der Waals surface area contributed by atoms with Crippen LogP contribution in [0.5, 0.6) is 0 Å². The number of halogens is 3. The second kappa shape index (κ2) is 7.96. The average molecular weight is 476 g/mol. The number of aromatic nitrogens is 4. The average Bonchev–Trinajstić information content (AvgIpc) is 3.17. The van der Waals surface area contributed by atoms with Crippen molar-refractivity contribution in [3.05, 3.63) is 66.0 Å². The molecule has 0 atom stereocenters. The first-order valence-electron chi connectivity index (χ1n) is 9.31. The molecule has 0 aliphatic rings. The molecule has 4 rings (SSSR count). The minimum atomic E-state index is -4.59. The Morgan fingerprint density at radius 1 is 1.09 bits per heavy atom. The van der Waals surface area contributed by atoms with E-state index in [9.17, 15) is 26.4 Å². The van der Waals surface area contributed by atoms with Gasteiger partial charge in [-0.2, -0.15) is 13.2 Å². The van der Waals surface area contributed by atoms with Gasteiger partial charge < -0.3 is 4.74 Å². The van der Waals surface area contributed by atoms with Crippen LogP contribution in [0.2, 0.25) is 0 Å². The lowest BCUT2D eigenvalue weighted by Gasteiger charge is -2.09. The lowest BCUT2D eigenvalue weighted by atomic mass is 10.1. The number of hydrogen-bond acceptors (Lipinski definition) is 7. The fourth-order valence-corrected chi connectivity index (χ4v) is 3.79. The van der Waals surface area contributed by atoms with Crippen LogP contribution < -0.4 is 0 Å². The maximum atomic E-state index is 13.3. The molecular weight excluding hydrogens is 461 g/mol. The molecule has 0 saturated heterocycles. The van der Waals surface area contributed by atoms with Crippen LogP contribution in [-0.2, 0) is 20.8 Å². The number of methoxy groups -OCH3 is 1. The summed E-state index contributed by atoms with van der Waals surface area (Å²) in [5, 5.41) is -0.464. The Kier molecular flexibility index (Phi) is 5.40. The Hall–Kier alpha value is -3.80. The molecule has 0 unspecified atom stereocenters. The van der Waals surface area contributed by atoms with Crippen molar-refractivity contribution >= 4 is 21.5 Å². The molecule has 0 aliphatic carbocycles. The van der Waals surface area contributed by atoms with Crippen LogP contribution in [0.25, 0.3) is 28.3 Å². The molecule has 0 N–H and O–H groups in total. The predicted octanol–water partition coefficient (Wildman–Crippen LogP) is 3.67. The summed E-state index contributed by atoms with van der Waals surface area (Å²) in [4.78, 5) is 24.5. The van der Waals surface area contributed by atoms with E-state index in [1.807, 2.05) is 0 Å². The number of pyridine rings is 1. The van der Waals surface area contributed by atoms with Gasteiger partial charge in [-0.25, -0.2) is 28.2 Å². The minimum Gasteiger partial charge on any atom is -0.465 e. The van der Waals surface area contributed by atoms with Gasteiger partial charge in [-0.3, -0.25) is 4.40 Å². The molecule has 3 heterocycles. The van der Waals surface area contributed by atoms with E-state index in [0.717, 1.165) is 18.4 Å². The maximum absolute atomic E-state index is 13.3. The van der Waals surface area contributed by atoms with Crippen LogP contribution in [0.15, 0.2) is 60.0 Å². The number of nitrogens with zero attached hydrogens (tertiary/aromatic N) is 4. The molecule has 0 saturated carbocycles. The summed E-state index contributed by atoms with van der Waals surface area (Å²) in [6.45, 7) is 0. The van der Waals surface area contributed by atoms with Crippen molar-refractivity contribution in [2.24, 2.45) is 0 Å². The number of alkyl halides is 3. The number of carbonyl (C=O) groups excluding carboxylic acids is 1. The summed E-state index contributed by atoms with van der Waals surface area (Å²) in [5.41, 5.74) is -0.289. The Balaban J connectivity index is 2.08. The monoisotopic (exact) mass is 476 g/mol. The molecule has 1 aromatic carbocycles. The summed E-state index contributed by atoms with van der Waals surface area (Å²) in [6.07, 6.45) is -0.907. The summed E-state index contributed by atoms with van der Waals surface area (Å²) in [6, 6.07) is 8.88. The van der Waals surface area contributed by atoms with Crippen molar-refractivity contribution in [3.8, 4) is 22.6 Å². The van der Waals surface area contributed by atoms with Crippen LogP contribution in [-0.4, -0.2) is 47.1 Å². The van der Waals surface area contributed by atoms with E-state index in [1.54, 1.807) is 0 Å². The number of rotatable bonds is 4. The van der Waals surface area contributed by atoms with Crippen molar-refractivity contribution in [2.45, 2.75) is 11.3 Å². The Morgan fingerprint density at radius 2 is 1.85 bits per heavy atom. The smallest absolute Gasteiger partial charge is 0.416 e. The van der Waals surface area contributed by atoms with Gasteiger partial charge in [0.05, 0.1) is 29.8 Å². The van der Waals surface area contributed by atoms with Crippen molar-refractivity contribution in [1.29, 1.82) is 0 Å². The third-order valence-corrected chi connectivity index (χ3v) is 5.59. The Bertz CT molecular complexity index is 1500. The SMILES string of the molecule is COC(=O)c1cccn2c(-c3ccnc(S(C)(=O)=O)n3)c(-c3cccc(C(F)(F)F)c3)nc12. The standard InChI is InChI=1S/C21H15F3N4O4S/c1-32-19(29)14-7-4-10-28-17(15-8-9-25-20(26-15)33(2,30)31)16(27-18(14)28)12-5-3-6-13(11-12)21(22,23)24/h3-11H,1-2H3. The molecule has 33 heavy (non-hydrogen) atoms. The van der Waals surface area contributed by atoms with Gasteiger partial charge in [-0.15, -0.1) is 0 Å². The van der Waals surface area contributed by atoms with Gasteiger partial charge in [0.25, 0.3) is 0 Å². The number of imidazole rings is 1. The number of benzene rings is 1. The van der Waals surface area contributed by atoms with Crippen LogP contribution in [0.4, 0.5) is 13.2 Å². The predicted molar refractivity (Wildman–Crippen MR) is 111 cm³/mol. The second-order valence-electron chi connectivity index (χ2n) is 6.99. The van der Waals surface area contributed by atoms with Gasteiger partial charge in [0.1, 0.15) is 5.56 Å². The number of esters is 1. The Labute approximate surface area is 185 Å². The molecule has 0 fully saturated rings. The molecule has 12 heteroatoms. The molecular formula is C21H15F3N4O4S. The molecule has 0 bridgehead atoms. The fraction of sp³-hybridized carbons (Fsp3) is 0.143. The van der Waals surface area contributed by atoms with Gasteiger partial charge in [-0.05, 0) is 30.3 Å². The van der Waals surface area contributed by atoms with Crippen molar-refractivity contribution in [3.63, 3.8) is 0 Å². The van der Waals surface area contributed by atoms with Gasteiger partial charge in [-0.1, -0.05) is 12.1 Å². The second-order valence-corrected chi connectivity index (χ2v) is 8.90. The Morgan fingerprint density at radius 3 is 2.52 bits per heavy atom. The third-order valence-electron chi connectivity index (χ3n) is 4.73. The minimum absolute atomic E-state index is 0.0654. The van der Waals surface area contributed by atoms with E-state index in [-0.39, 0.29) is 33.9 Å². The van der Waals surface area contributed by atoms with E-state index >= 15 is 0 Å². The first kappa shape index (κ1) is 22.4. The number of hydrogen-bond donors (Lipinski definition) is 0. The highest BCUT2D eigenvalue weighted by atomic mass is 32.2. The lowest BCUT2D eigenvalue weighted by Crippen LogP contribution is -2.06. The molecule has 4 aromatic rings. The zero-order valence-electron chi connectivity index (χ0n) is 17.2. The molecule has 3 aromatic heterocycles. The van der Waals surface area contributed by atoms with E-state index in [1.165, 1.54) is 54.2 Å². The van der Waals surface area contributed by atoms with Gasteiger partial charge in [0.2, 0.25) is 15.0 Å². The molecule has 8 nitrogen and oxygen atoms in total. The van der Waals surface area contributed by atoms with E-state index in [4.69, 9.17) is 4.74 Å². The molecule has 0 amide bonds. The van der Waals surface area contributed by atoms with E-state index in [0.29, 0.717) is 0 Å². The highest BCUT2D eigenvalue weighted by molar-refractivity contribution is 7.90. The molecule has 0 radical (unpaired) electrons. The molecule has 170 valence electrons. The van der Waals surface area contributed by atoms with E-state index in [2.05, 4.69) is 15.0 Å². The van der Waals surface area contributed by atoms with Crippen LogP contribution in [0.1, 0.15) is 15.9 Å². The fourth-order valence-electron chi connectivity index (χ4n) is 3.28. The van der Waals surface area contributed by atoms with Crippen LogP contribution >= 0.6 is 0 Å². The first-order valence-corrected chi connectivity index (χ1v) is 11.2. The summed E-state index contributed by atoms with van der Waals surface area (Å²) < 4.78 is 70.2. The number of fused-ring (bicyclic) bond motifs is 1. The number of carbonyl (C=O) groups is 1. The van der Waals surface area contributed by atoms with Crippen molar-refractivity contribution in [2.75, 3.05) is 13.4 Å². The quantitative estimate of drug-likeness (QED) is 0.327. The van der Waals surface area contributed by atoms with Gasteiger partial charge >= 0.3 is 12.1 Å². The number of ether oxygens (including phenoxy) is 1. The van der Waals surface area contributed by atoms with E-state index < -0.39 is 32.7 Å². The summed E-state index contributed by atoms with van der Waals surface area (Å²) >= 11 is 0. The normalized spacial score (nSPS) is 12.2. The topological polar surface area (TPSA) is 104 Å². The summed E-state index contributed by atoms with van der Waals surface area (Å²) in [5.74, 6) is -0.702. The number of sulfone groups is 1. The van der Waals surface area contributed by atoms with Crippen molar-refractivity contribution < 1.29 is 31.1 Å². The summed E-state index contributed by atoms with van der Waals surface area (Å²) in [7, 11) is -2.59. The van der Waals surface area contributed by atoms with Crippen LogP contribution in [0, 0.1) is 0 Å². The lowest BCUT2D eigenvalue weighted by molar-refractivity contribution is -0.137. The molecule has 0 spiro atoms. The third kappa shape index (κ3) is 4.16. The zero-order valence-corrected chi connectivity index (χ0v) is 18.0. The van der Waals surface area contributed by atoms with Crippen molar-refractivity contribution in [1.82, 2.24) is 19.4 Å². The van der Waals surface area contributed by atoms with Gasteiger partial charge in [0.15, 0.2) is 5.65 Å². The molecule has 0 aliphatic heterocycles.